The van der Waals surface area contributed by atoms with Crippen LogP contribution in [0.2, 0.25) is 5.02 Å². The van der Waals surface area contributed by atoms with E-state index in [-0.39, 0.29) is 11.5 Å². The molecule has 1 heterocycles. The van der Waals surface area contributed by atoms with Crippen molar-refractivity contribution in [2.24, 2.45) is 23.2 Å². The van der Waals surface area contributed by atoms with Gasteiger partial charge in [0.05, 0.1) is 12.3 Å². The maximum absolute atomic E-state index is 9.90. The van der Waals surface area contributed by atoms with Crippen LogP contribution in [-0.2, 0) is 6.54 Å². The van der Waals surface area contributed by atoms with Gasteiger partial charge in [-0.2, -0.15) is 10.2 Å². The summed E-state index contributed by atoms with van der Waals surface area (Å²) in [6.07, 6.45) is 12.0. The van der Waals surface area contributed by atoms with E-state index in [1.54, 1.807) is 6.20 Å². The Balaban J connectivity index is 1.11. The van der Waals surface area contributed by atoms with Gasteiger partial charge >= 0.3 is 0 Å². The fourth-order valence-electron chi connectivity index (χ4n) is 7.97. The minimum atomic E-state index is -0.0992. The van der Waals surface area contributed by atoms with Crippen LogP contribution < -0.4 is 16.0 Å². The number of hydrogen-bond donors (Lipinski definition) is 4. The van der Waals surface area contributed by atoms with E-state index in [9.17, 15) is 10.4 Å². The molecule has 7 nitrogen and oxygen atoms in total. The molecule has 4 bridgehead atoms. The molecule has 0 saturated heterocycles. The number of nitrogens with one attached hydrogen (secondary N) is 3. The van der Waals surface area contributed by atoms with Gasteiger partial charge < -0.3 is 21.1 Å². The Morgan fingerprint density at radius 1 is 1.05 bits per heavy atom. The number of anilines is 2. The Labute approximate surface area is 224 Å². The highest BCUT2D eigenvalue weighted by atomic mass is 35.5. The van der Waals surface area contributed by atoms with Crippen molar-refractivity contribution in [2.75, 3.05) is 17.2 Å². The maximum atomic E-state index is 9.90. The number of hydrogen-bond acceptors (Lipinski definition) is 7. The quantitative estimate of drug-likeness (QED) is 0.383. The monoisotopic (exact) mass is 520 g/mol. The van der Waals surface area contributed by atoms with Crippen LogP contribution in [0.15, 0.2) is 30.5 Å². The summed E-state index contributed by atoms with van der Waals surface area (Å²) in [6, 6.07) is 11.2. The zero-order chi connectivity index (χ0) is 25.4. The summed E-state index contributed by atoms with van der Waals surface area (Å²) in [4.78, 5) is 9.02. The first-order chi connectivity index (χ1) is 18.0. The van der Waals surface area contributed by atoms with Crippen molar-refractivity contribution in [3.63, 3.8) is 0 Å². The zero-order valence-corrected chi connectivity index (χ0v) is 22.1. The molecule has 5 atom stereocenters. The lowest BCUT2D eigenvalue weighted by Crippen LogP contribution is -2.61. The van der Waals surface area contributed by atoms with Crippen LogP contribution in [0.3, 0.4) is 0 Å². The number of aliphatic hydroxyl groups is 1. The lowest BCUT2D eigenvalue weighted by Gasteiger charge is -2.61. The molecule has 0 amide bonds. The molecular formula is C29H37ClN6O. The maximum Gasteiger partial charge on any atom is 0.224 e. The molecule has 0 spiro atoms. The van der Waals surface area contributed by atoms with Gasteiger partial charge in [-0.1, -0.05) is 29.8 Å². The predicted octanol–water partition coefficient (Wildman–Crippen LogP) is 5.11. The van der Waals surface area contributed by atoms with Gasteiger partial charge in [0.2, 0.25) is 5.95 Å². The molecule has 7 rings (SSSR count). The van der Waals surface area contributed by atoms with E-state index in [0.29, 0.717) is 41.0 Å². The molecule has 5 fully saturated rings. The second-order valence-electron chi connectivity index (χ2n) is 12.0. The molecule has 5 saturated carbocycles. The SMILES string of the molecule is N#Cc1cnc(NCc2ccccc2Cl)nc1NC[C@]12CC3C[C@H](C1)[C@@H](N[C@H]1CC[C@@H](O)CC1)[C@@H](C3)C2. The molecule has 1 aromatic carbocycles. The van der Waals surface area contributed by atoms with Crippen molar-refractivity contribution in [3.05, 3.63) is 46.6 Å². The van der Waals surface area contributed by atoms with E-state index in [1.165, 1.54) is 32.1 Å². The molecule has 1 aromatic heterocycles. The molecule has 37 heavy (non-hydrogen) atoms. The Morgan fingerprint density at radius 3 is 2.54 bits per heavy atom. The van der Waals surface area contributed by atoms with Gasteiger partial charge in [-0.05, 0) is 92.6 Å². The number of benzene rings is 1. The number of nitriles is 1. The second-order valence-corrected chi connectivity index (χ2v) is 12.4. The summed E-state index contributed by atoms with van der Waals surface area (Å²) < 4.78 is 0. The lowest BCUT2D eigenvalue weighted by molar-refractivity contribution is -0.0737. The smallest absolute Gasteiger partial charge is 0.224 e. The molecule has 5 aliphatic carbocycles. The van der Waals surface area contributed by atoms with Crippen LogP contribution in [0.25, 0.3) is 0 Å². The first kappa shape index (κ1) is 24.9. The third kappa shape index (κ3) is 5.30. The van der Waals surface area contributed by atoms with E-state index in [2.05, 4.69) is 32.0 Å². The van der Waals surface area contributed by atoms with Crippen molar-refractivity contribution in [2.45, 2.75) is 82.5 Å². The molecule has 5 aliphatic rings. The third-order valence-corrected chi connectivity index (χ3v) is 9.83. The highest BCUT2D eigenvalue weighted by Crippen LogP contribution is 2.60. The minimum Gasteiger partial charge on any atom is -0.393 e. The van der Waals surface area contributed by atoms with Gasteiger partial charge in [-0.3, -0.25) is 0 Å². The van der Waals surface area contributed by atoms with Crippen molar-refractivity contribution in [1.82, 2.24) is 15.3 Å². The first-order valence-corrected chi connectivity index (χ1v) is 14.3. The summed E-state index contributed by atoms with van der Waals surface area (Å²) in [5.74, 6) is 3.39. The number of aliphatic hydroxyl groups excluding tert-OH is 1. The van der Waals surface area contributed by atoms with Gasteiger partial charge in [-0.25, -0.2) is 4.98 Å². The Bertz CT molecular complexity index is 1140. The number of nitrogens with zero attached hydrogens (tertiary/aromatic N) is 3. The van der Waals surface area contributed by atoms with Crippen molar-refractivity contribution in [1.29, 1.82) is 5.26 Å². The fourth-order valence-corrected chi connectivity index (χ4v) is 8.17. The van der Waals surface area contributed by atoms with E-state index in [1.807, 2.05) is 24.3 Å². The van der Waals surface area contributed by atoms with Crippen molar-refractivity contribution >= 4 is 23.4 Å². The lowest BCUT2D eigenvalue weighted by atomic mass is 9.47. The molecule has 0 radical (unpaired) electrons. The summed E-state index contributed by atoms with van der Waals surface area (Å²) >= 11 is 6.29. The second kappa shape index (κ2) is 10.4. The average Bonchev–Trinajstić information content (AvgIpc) is 2.90. The standard InChI is InChI=1S/C29H37ClN6O/c30-25-4-2-1-3-19(25)15-32-28-33-16-22(14-31)27(36-28)34-17-29-11-18-9-20(12-29)26(21(10-18)13-29)35-23-5-7-24(37)8-6-23/h1-4,16,18,20-21,23-24,26,35,37H,5-13,15,17H2,(H2,32,33,34,36)/t18?,20-,21+,23-,24+,26-,29-. The van der Waals surface area contributed by atoms with Gasteiger partial charge in [0.15, 0.2) is 0 Å². The normalized spacial score (nSPS) is 34.2. The number of halogens is 1. The van der Waals surface area contributed by atoms with Gasteiger partial charge in [0.1, 0.15) is 17.5 Å². The summed E-state index contributed by atoms with van der Waals surface area (Å²) in [5, 5.41) is 31.2. The van der Waals surface area contributed by atoms with Gasteiger partial charge in [0.25, 0.3) is 0 Å². The largest absolute Gasteiger partial charge is 0.393 e. The van der Waals surface area contributed by atoms with Crippen LogP contribution >= 0.6 is 11.6 Å². The zero-order valence-electron chi connectivity index (χ0n) is 21.3. The topological polar surface area (TPSA) is 106 Å². The van der Waals surface area contributed by atoms with Gasteiger partial charge in [-0.15, -0.1) is 0 Å². The highest BCUT2D eigenvalue weighted by Gasteiger charge is 2.55. The molecular weight excluding hydrogens is 484 g/mol. The Kier molecular flexibility index (Phi) is 7.00. The first-order valence-electron chi connectivity index (χ1n) is 13.9. The van der Waals surface area contributed by atoms with Crippen molar-refractivity contribution in [3.8, 4) is 6.07 Å². The average molecular weight is 521 g/mol. The molecule has 1 unspecified atom stereocenters. The van der Waals surface area contributed by atoms with E-state index >= 15 is 0 Å². The summed E-state index contributed by atoms with van der Waals surface area (Å²) in [7, 11) is 0. The predicted molar refractivity (Wildman–Crippen MR) is 145 cm³/mol. The third-order valence-electron chi connectivity index (χ3n) is 9.46. The summed E-state index contributed by atoms with van der Waals surface area (Å²) in [6.45, 7) is 1.38. The molecule has 0 aliphatic heterocycles. The summed E-state index contributed by atoms with van der Waals surface area (Å²) in [5.41, 5.74) is 1.74. The number of rotatable bonds is 8. The molecule has 2 aromatic rings. The van der Waals surface area contributed by atoms with Crippen LogP contribution in [-0.4, -0.2) is 39.8 Å². The number of aromatic nitrogens is 2. The Hall–Kier alpha value is -2.40. The van der Waals surface area contributed by atoms with E-state index in [0.717, 1.165) is 55.5 Å². The van der Waals surface area contributed by atoms with Crippen molar-refractivity contribution < 1.29 is 5.11 Å². The fraction of sp³-hybridized carbons (Fsp3) is 0.621. The van der Waals surface area contributed by atoms with Crippen LogP contribution in [0.1, 0.15) is 68.9 Å². The van der Waals surface area contributed by atoms with Crippen LogP contribution in [0.5, 0.6) is 0 Å². The highest BCUT2D eigenvalue weighted by molar-refractivity contribution is 6.31. The molecule has 4 N–H and O–H groups in total. The van der Waals surface area contributed by atoms with Crippen LogP contribution in [0, 0.1) is 34.5 Å². The molecule has 8 heteroatoms. The Morgan fingerprint density at radius 2 is 1.81 bits per heavy atom. The van der Waals surface area contributed by atoms with Crippen LogP contribution in [0.4, 0.5) is 11.8 Å². The van der Waals surface area contributed by atoms with E-state index < -0.39 is 0 Å². The molecule has 196 valence electrons. The minimum absolute atomic E-state index is 0.0992. The van der Waals surface area contributed by atoms with Gasteiger partial charge in [0, 0.05) is 30.2 Å². The van der Waals surface area contributed by atoms with E-state index in [4.69, 9.17) is 11.6 Å².